The highest BCUT2D eigenvalue weighted by atomic mass is 15.2. The van der Waals surface area contributed by atoms with Crippen molar-refractivity contribution in [2.45, 2.75) is 44.6 Å². The molecule has 1 aliphatic carbocycles. The summed E-state index contributed by atoms with van der Waals surface area (Å²) in [6.07, 6.45) is 5.25. The van der Waals surface area contributed by atoms with Crippen LogP contribution in [0.4, 0.5) is 5.69 Å². The maximum Gasteiger partial charge on any atom is 0.0405 e. The standard InChI is InChI=1S/C16H24N2/c1-2-15(12-7-8-12)18-11-13(9-10-17)14-5-3-4-6-16(14)18/h3-6,12-13,15H,2,7-11,17H2,1H3. The Labute approximate surface area is 110 Å². The highest BCUT2D eigenvalue weighted by Gasteiger charge is 2.38. The van der Waals surface area contributed by atoms with Gasteiger partial charge in [0, 0.05) is 24.2 Å². The molecule has 2 nitrogen and oxygen atoms in total. The molecule has 18 heavy (non-hydrogen) atoms. The average molecular weight is 244 g/mol. The number of benzene rings is 1. The van der Waals surface area contributed by atoms with Crippen LogP contribution >= 0.6 is 0 Å². The first-order chi connectivity index (χ1) is 8.85. The third-order valence-corrected chi connectivity index (χ3v) is 4.60. The largest absolute Gasteiger partial charge is 0.367 e. The maximum absolute atomic E-state index is 5.77. The van der Waals surface area contributed by atoms with Crippen LogP contribution in [-0.2, 0) is 0 Å². The fourth-order valence-corrected chi connectivity index (χ4v) is 3.58. The topological polar surface area (TPSA) is 29.3 Å². The quantitative estimate of drug-likeness (QED) is 0.862. The van der Waals surface area contributed by atoms with E-state index in [1.807, 2.05) is 0 Å². The van der Waals surface area contributed by atoms with Crippen molar-refractivity contribution in [3.8, 4) is 0 Å². The highest BCUT2D eigenvalue weighted by molar-refractivity contribution is 5.61. The van der Waals surface area contributed by atoms with Crippen LogP contribution in [0.3, 0.4) is 0 Å². The van der Waals surface area contributed by atoms with Crippen molar-refractivity contribution in [1.29, 1.82) is 0 Å². The number of para-hydroxylation sites is 1. The molecule has 0 amide bonds. The van der Waals surface area contributed by atoms with Gasteiger partial charge in [-0.1, -0.05) is 25.1 Å². The zero-order chi connectivity index (χ0) is 12.5. The molecule has 0 saturated heterocycles. The van der Waals surface area contributed by atoms with Crippen LogP contribution in [-0.4, -0.2) is 19.1 Å². The van der Waals surface area contributed by atoms with Gasteiger partial charge in [0.25, 0.3) is 0 Å². The summed E-state index contributed by atoms with van der Waals surface area (Å²) in [5, 5.41) is 0. The van der Waals surface area contributed by atoms with E-state index in [2.05, 4.69) is 36.1 Å². The van der Waals surface area contributed by atoms with Gasteiger partial charge in [-0.15, -0.1) is 0 Å². The molecule has 0 bridgehead atoms. The third kappa shape index (κ3) is 2.03. The van der Waals surface area contributed by atoms with Crippen molar-refractivity contribution in [3.05, 3.63) is 29.8 Å². The Bertz CT molecular complexity index is 411. The van der Waals surface area contributed by atoms with E-state index in [1.54, 1.807) is 0 Å². The lowest BCUT2D eigenvalue weighted by Gasteiger charge is -2.30. The van der Waals surface area contributed by atoms with Crippen molar-refractivity contribution in [2.75, 3.05) is 18.0 Å². The normalized spacial score (nSPS) is 24.1. The summed E-state index contributed by atoms with van der Waals surface area (Å²) in [4.78, 5) is 2.67. The Hall–Kier alpha value is -1.02. The molecule has 3 rings (SSSR count). The number of anilines is 1. The summed E-state index contributed by atoms with van der Waals surface area (Å²) in [6.45, 7) is 4.32. The molecule has 1 fully saturated rings. The Morgan fingerprint density at radius 1 is 1.33 bits per heavy atom. The Balaban J connectivity index is 1.88. The first-order valence-corrected chi connectivity index (χ1v) is 7.40. The van der Waals surface area contributed by atoms with Crippen LogP contribution in [0.5, 0.6) is 0 Å². The molecule has 1 aromatic carbocycles. The molecule has 1 aromatic rings. The molecule has 1 aliphatic heterocycles. The van der Waals surface area contributed by atoms with E-state index in [1.165, 1.54) is 37.1 Å². The van der Waals surface area contributed by atoms with Gasteiger partial charge in [-0.25, -0.2) is 0 Å². The first-order valence-electron chi connectivity index (χ1n) is 7.40. The van der Waals surface area contributed by atoms with E-state index in [0.29, 0.717) is 5.92 Å². The molecular formula is C16H24N2. The predicted octanol–water partition coefficient (Wildman–Crippen LogP) is 3.13. The van der Waals surface area contributed by atoms with Gasteiger partial charge in [-0.05, 0) is 49.8 Å². The van der Waals surface area contributed by atoms with Gasteiger partial charge in [-0.3, -0.25) is 0 Å². The average Bonchev–Trinajstić information content (AvgIpc) is 3.16. The van der Waals surface area contributed by atoms with Gasteiger partial charge in [0.2, 0.25) is 0 Å². The van der Waals surface area contributed by atoms with E-state index >= 15 is 0 Å². The summed E-state index contributed by atoms with van der Waals surface area (Å²) in [5.74, 6) is 1.60. The van der Waals surface area contributed by atoms with E-state index < -0.39 is 0 Å². The lowest BCUT2D eigenvalue weighted by atomic mass is 9.98. The first kappa shape index (κ1) is 12.0. The maximum atomic E-state index is 5.77. The van der Waals surface area contributed by atoms with Crippen LogP contribution in [0.15, 0.2) is 24.3 Å². The second-order valence-corrected chi connectivity index (χ2v) is 5.80. The minimum atomic E-state index is 0.652. The summed E-state index contributed by atoms with van der Waals surface area (Å²) < 4.78 is 0. The molecule has 0 radical (unpaired) electrons. The van der Waals surface area contributed by atoms with Gasteiger partial charge >= 0.3 is 0 Å². The van der Waals surface area contributed by atoms with Gasteiger partial charge in [0.15, 0.2) is 0 Å². The number of nitrogens with zero attached hydrogens (tertiary/aromatic N) is 1. The lowest BCUT2D eigenvalue weighted by Crippen LogP contribution is -2.35. The van der Waals surface area contributed by atoms with E-state index in [4.69, 9.17) is 5.73 Å². The summed E-state index contributed by atoms with van der Waals surface area (Å²) >= 11 is 0. The summed E-state index contributed by atoms with van der Waals surface area (Å²) in [5.41, 5.74) is 8.78. The van der Waals surface area contributed by atoms with Gasteiger partial charge < -0.3 is 10.6 Å². The third-order valence-electron chi connectivity index (χ3n) is 4.60. The van der Waals surface area contributed by atoms with Crippen LogP contribution in [0.1, 0.15) is 44.1 Å². The molecule has 2 unspecified atom stereocenters. The molecule has 2 N–H and O–H groups in total. The molecule has 2 atom stereocenters. The Morgan fingerprint density at radius 3 is 2.78 bits per heavy atom. The molecule has 2 heteroatoms. The van der Waals surface area contributed by atoms with Gasteiger partial charge in [-0.2, -0.15) is 0 Å². The number of nitrogens with two attached hydrogens (primary N) is 1. The van der Waals surface area contributed by atoms with Crippen molar-refractivity contribution in [1.82, 2.24) is 0 Å². The molecular weight excluding hydrogens is 220 g/mol. The minimum Gasteiger partial charge on any atom is -0.367 e. The Kier molecular flexibility index (Phi) is 3.29. The second-order valence-electron chi connectivity index (χ2n) is 5.80. The van der Waals surface area contributed by atoms with Crippen LogP contribution in [0.2, 0.25) is 0 Å². The van der Waals surface area contributed by atoms with Crippen LogP contribution in [0.25, 0.3) is 0 Å². The van der Waals surface area contributed by atoms with Gasteiger partial charge in [0.05, 0.1) is 0 Å². The second kappa shape index (κ2) is 4.93. The molecule has 0 aromatic heterocycles. The number of hydrogen-bond donors (Lipinski definition) is 1. The lowest BCUT2D eigenvalue weighted by molar-refractivity contribution is 0.507. The van der Waals surface area contributed by atoms with Gasteiger partial charge in [0.1, 0.15) is 0 Å². The summed E-state index contributed by atoms with van der Waals surface area (Å²) in [7, 11) is 0. The molecule has 0 spiro atoms. The van der Waals surface area contributed by atoms with Crippen molar-refractivity contribution >= 4 is 5.69 Å². The van der Waals surface area contributed by atoms with E-state index in [9.17, 15) is 0 Å². The SMILES string of the molecule is CCC(C1CC1)N1CC(CCN)c2ccccc21. The fraction of sp³-hybridized carbons (Fsp3) is 0.625. The predicted molar refractivity (Wildman–Crippen MR) is 77.0 cm³/mol. The number of fused-ring (bicyclic) bond motifs is 1. The molecule has 1 heterocycles. The van der Waals surface area contributed by atoms with Crippen molar-refractivity contribution in [2.24, 2.45) is 11.7 Å². The smallest absolute Gasteiger partial charge is 0.0405 e. The fourth-order valence-electron chi connectivity index (χ4n) is 3.58. The highest BCUT2D eigenvalue weighted by Crippen LogP contribution is 2.45. The Morgan fingerprint density at radius 2 is 2.11 bits per heavy atom. The molecule has 1 saturated carbocycles. The van der Waals surface area contributed by atoms with Crippen LogP contribution < -0.4 is 10.6 Å². The number of hydrogen-bond acceptors (Lipinski definition) is 2. The van der Waals surface area contributed by atoms with Crippen molar-refractivity contribution in [3.63, 3.8) is 0 Å². The summed E-state index contributed by atoms with van der Waals surface area (Å²) in [6, 6.07) is 9.71. The molecule has 98 valence electrons. The van der Waals surface area contributed by atoms with Crippen LogP contribution in [0, 0.1) is 5.92 Å². The van der Waals surface area contributed by atoms with E-state index in [-0.39, 0.29) is 0 Å². The minimum absolute atomic E-state index is 0.652. The monoisotopic (exact) mass is 244 g/mol. The van der Waals surface area contributed by atoms with E-state index in [0.717, 1.165) is 24.9 Å². The number of rotatable bonds is 5. The molecule has 2 aliphatic rings. The van der Waals surface area contributed by atoms with Crippen molar-refractivity contribution < 1.29 is 0 Å². The zero-order valence-corrected chi connectivity index (χ0v) is 11.3. The zero-order valence-electron chi connectivity index (χ0n) is 11.3.